The van der Waals surface area contributed by atoms with Crippen molar-refractivity contribution in [2.45, 2.75) is 31.8 Å². The van der Waals surface area contributed by atoms with E-state index in [9.17, 15) is 9.18 Å². The first-order chi connectivity index (χ1) is 17.0. The fraction of sp³-hybridized carbons (Fsp3) is 0.320. The minimum absolute atomic E-state index is 0.0388. The van der Waals surface area contributed by atoms with Crippen LogP contribution in [0.25, 0.3) is 16.7 Å². The molecule has 2 aromatic heterocycles. The largest absolute Gasteiger partial charge is 0.367 e. The molecule has 2 saturated heterocycles. The number of fused-ring (bicyclic) bond motifs is 3. The fourth-order valence-electron chi connectivity index (χ4n) is 5.34. The second kappa shape index (κ2) is 8.57. The lowest BCUT2D eigenvalue weighted by Crippen LogP contribution is -2.64. The van der Waals surface area contributed by atoms with Gasteiger partial charge in [-0.05, 0) is 55.0 Å². The van der Waals surface area contributed by atoms with Crippen LogP contribution in [-0.2, 0) is 0 Å². The number of hydrogen-bond acceptors (Lipinski definition) is 6. The Morgan fingerprint density at radius 1 is 1.14 bits per heavy atom. The molecule has 3 fully saturated rings. The van der Waals surface area contributed by atoms with Crippen LogP contribution in [0.2, 0.25) is 5.02 Å². The number of carbonyl (C=O) groups excluding carboxylic acids is 1. The second-order valence-corrected chi connectivity index (χ2v) is 9.71. The Labute approximate surface area is 206 Å². The zero-order valence-corrected chi connectivity index (χ0v) is 19.7. The van der Waals surface area contributed by atoms with Crippen molar-refractivity contribution in [1.82, 2.24) is 29.9 Å². The molecule has 7 rings (SSSR count). The third kappa shape index (κ3) is 3.89. The molecule has 10 heteroatoms. The highest BCUT2D eigenvalue weighted by molar-refractivity contribution is 6.31. The molecule has 3 aliphatic rings. The molecular weight excluding hydrogens is 469 g/mol. The summed E-state index contributed by atoms with van der Waals surface area (Å²) in [5, 5.41) is 12.3. The number of rotatable bonds is 5. The summed E-state index contributed by atoms with van der Waals surface area (Å²) in [5.41, 5.74) is 2.18. The van der Waals surface area contributed by atoms with Crippen molar-refractivity contribution in [3.05, 3.63) is 71.4 Å². The van der Waals surface area contributed by atoms with E-state index in [0.29, 0.717) is 51.5 Å². The number of piperidine rings is 2. The normalized spacial score (nSPS) is 23.2. The van der Waals surface area contributed by atoms with E-state index in [4.69, 9.17) is 11.6 Å². The molecule has 2 atom stereocenters. The first-order valence-electron chi connectivity index (χ1n) is 11.6. The Morgan fingerprint density at radius 2 is 1.94 bits per heavy atom. The third-order valence-electron chi connectivity index (χ3n) is 7.31. The third-order valence-corrected chi connectivity index (χ3v) is 7.54. The number of benzene rings is 2. The topological polar surface area (TPSA) is 88.8 Å². The predicted molar refractivity (Wildman–Crippen MR) is 130 cm³/mol. The average Bonchev–Trinajstić information content (AvgIpc) is 3.36. The summed E-state index contributed by atoms with van der Waals surface area (Å²) < 4.78 is 13.5. The number of aromatic nitrogens is 5. The van der Waals surface area contributed by atoms with Gasteiger partial charge in [0.1, 0.15) is 11.6 Å². The number of halogens is 2. The van der Waals surface area contributed by atoms with E-state index < -0.39 is 0 Å². The molecule has 0 radical (unpaired) electrons. The maximum atomic E-state index is 14.0. The molecular formula is C25H23ClFN7O. The van der Waals surface area contributed by atoms with Crippen LogP contribution in [0.3, 0.4) is 0 Å². The van der Waals surface area contributed by atoms with Gasteiger partial charge < -0.3 is 10.2 Å². The number of anilines is 1. The number of nitrogens with one attached hydrogen (secondary N) is 1. The summed E-state index contributed by atoms with van der Waals surface area (Å²) in [6, 6.07) is 9.68. The molecule has 4 aromatic rings. The lowest BCUT2D eigenvalue weighted by Gasteiger charge is -2.57. The van der Waals surface area contributed by atoms with Crippen molar-refractivity contribution in [3.8, 4) is 5.69 Å². The van der Waals surface area contributed by atoms with Gasteiger partial charge in [-0.15, -0.1) is 0 Å². The molecule has 4 heterocycles. The van der Waals surface area contributed by atoms with E-state index in [-0.39, 0.29) is 23.8 Å². The molecule has 0 spiro atoms. The van der Waals surface area contributed by atoms with Crippen molar-refractivity contribution in [3.63, 3.8) is 0 Å². The highest BCUT2D eigenvalue weighted by Gasteiger charge is 2.50. The SMILES string of the molecule is C[C@@H]1C2CC(C2)N(C(=O)c2cc(Cl)ccc2-n2nccn2)[C@H]1CNc1cnc2cc(F)ccc2n1. The van der Waals surface area contributed by atoms with Gasteiger partial charge in [0.2, 0.25) is 0 Å². The van der Waals surface area contributed by atoms with Crippen LogP contribution < -0.4 is 5.32 Å². The molecule has 0 unspecified atom stereocenters. The van der Waals surface area contributed by atoms with E-state index in [2.05, 4.69) is 32.4 Å². The van der Waals surface area contributed by atoms with Gasteiger partial charge in [0.05, 0.1) is 46.9 Å². The lowest BCUT2D eigenvalue weighted by atomic mass is 9.64. The van der Waals surface area contributed by atoms with Crippen LogP contribution in [0, 0.1) is 17.7 Å². The monoisotopic (exact) mass is 491 g/mol. The molecule has 1 aliphatic carbocycles. The predicted octanol–water partition coefficient (Wildman–Crippen LogP) is 4.35. The quantitative estimate of drug-likeness (QED) is 0.446. The van der Waals surface area contributed by atoms with Crippen molar-refractivity contribution in [1.29, 1.82) is 0 Å². The van der Waals surface area contributed by atoms with Crippen molar-refractivity contribution < 1.29 is 9.18 Å². The van der Waals surface area contributed by atoms with Gasteiger partial charge in [-0.25, -0.2) is 9.37 Å². The Kier molecular flexibility index (Phi) is 5.36. The molecule has 2 aliphatic heterocycles. The Hall–Kier alpha value is -3.59. The summed E-state index contributed by atoms with van der Waals surface area (Å²) in [6.45, 7) is 2.73. The van der Waals surface area contributed by atoms with E-state index >= 15 is 0 Å². The fourth-order valence-corrected chi connectivity index (χ4v) is 5.51. The summed E-state index contributed by atoms with van der Waals surface area (Å²) in [5.74, 6) is 1.06. The second-order valence-electron chi connectivity index (χ2n) is 9.27. The number of nitrogens with zero attached hydrogens (tertiary/aromatic N) is 6. The van der Waals surface area contributed by atoms with Crippen LogP contribution in [0.5, 0.6) is 0 Å². The van der Waals surface area contributed by atoms with Crippen molar-refractivity contribution >= 4 is 34.4 Å². The Bertz CT molecular complexity index is 1410. The van der Waals surface area contributed by atoms with E-state index in [1.165, 1.54) is 16.9 Å². The van der Waals surface area contributed by atoms with Crippen molar-refractivity contribution in [2.75, 3.05) is 11.9 Å². The zero-order chi connectivity index (χ0) is 24.1. The molecule has 1 N–H and O–H groups in total. The molecule has 1 amide bonds. The van der Waals surface area contributed by atoms with Gasteiger partial charge in [-0.2, -0.15) is 15.0 Å². The molecule has 2 bridgehead atoms. The van der Waals surface area contributed by atoms with Crippen LogP contribution in [-0.4, -0.2) is 54.4 Å². The summed E-state index contributed by atoms with van der Waals surface area (Å²) >= 11 is 6.30. The van der Waals surface area contributed by atoms with Crippen LogP contribution >= 0.6 is 11.6 Å². The molecule has 178 valence electrons. The van der Waals surface area contributed by atoms with Crippen molar-refractivity contribution in [2.24, 2.45) is 11.8 Å². The van der Waals surface area contributed by atoms with Gasteiger partial charge in [0.25, 0.3) is 5.91 Å². The highest BCUT2D eigenvalue weighted by atomic mass is 35.5. The minimum Gasteiger partial charge on any atom is -0.367 e. The number of carbonyl (C=O) groups is 1. The standard InChI is InChI=1S/C25H23ClFN7O/c1-14-15-8-18(9-15)33(25(35)19-10-16(26)2-5-22(19)34-30-6-7-31-34)23(14)12-29-24-13-28-21-11-17(27)3-4-20(21)32-24/h2-7,10-11,13-15,18,23H,8-9,12H2,1H3,(H,29,32)/t14-,15?,18?,23+/m1/s1. The maximum absolute atomic E-state index is 14.0. The van der Waals surface area contributed by atoms with Crippen LogP contribution in [0.15, 0.2) is 55.0 Å². The maximum Gasteiger partial charge on any atom is 0.256 e. The molecule has 2 aromatic carbocycles. The molecule has 35 heavy (non-hydrogen) atoms. The van der Waals surface area contributed by atoms with Gasteiger partial charge in [0, 0.05) is 23.7 Å². The van der Waals surface area contributed by atoms with E-state index in [1.54, 1.807) is 42.9 Å². The smallest absolute Gasteiger partial charge is 0.256 e. The van der Waals surface area contributed by atoms with Gasteiger partial charge in [0.15, 0.2) is 0 Å². The number of amides is 1. The minimum atomic E-state index is -0.345. The molecule has 8 nitrogen and oxygen atoms in total. The lowest BCUT2D eigenvalue weighted by molar-refractivity contribution is -0.0502. The van der Waals surface area contributed by atoms with Crippen LogP contribution in [0.4, 0.5) is 10.2 Å². The number of hydrogen-bond donors (Lipinski definition) is 1. The summed E-state index contributed by atoms with van der Waals surface area (Å²) in [6.07, 6.45) is 6.75. The Balaban J connectivity index is 1.29. The average molecular weight is 492 g/mol. The van der Waals surface area contributed by atoms with Gasteiger partial charge in [-0.3, -0.25) is 9.78 Å². The first-order valence-corrected chi connectivity index (χ1v) is 12.0. The van der Waals surface area contributed by atoms with Gasteiger partial charge in [-0.1, -0.05) is 18.5 Å². The van der Waals surface area contributed by atoms with E-state index in [0.717, 1.165) is 12.8 Å². The highest BCUT2D eigenvalue weighted by Crippen LogP contribution is 2.47. The summed E-state index contributed by atoms with van der Waals surface area (Å²) in [7, 11) is 0. The molecule has 1 saturated carbocycles. The summed E-state index contributed by atoms with van der Waals surface area (Å²) in [4.78, 5) is 26.3. The zero-order valence-electron chi connectivity index (χ0n) is 19.0. The van der Waals surface area contributed by atoms with Gasteiger partial charge >= 0.3 is 0 Å². The van der Waals surface area contributed by atoms with E-state index in [1.807, 2.05) is 4.90 Å². The first kappa shape index (κ1) is 21.9. The Morgan fingerprint density at radius 3 is 2.74 bits per heavy atom. The van der Waals surface area contributed by atoms with Crippen LogP contribution in [0.1, 0.15) is 30.1 Å².